The summed E-state index contributed by atoms with van der Waals surface area (Å²) in [6.07, 6.45) is 0. The van der Waals surface area contributed by atoms with Gasteiger partial charge in [-0.1, -0.05) is 58.0 Å². The van der Waals surface area contributed by atoms with E-state index < -0.39 is 10.0 Å². The van der Waals surface area contributed by atoms with Crippen LogP contribution in [-0.4, -0.2) is 20.8 Å². The van der Waals surface area contributed by atoms with Crippen molar-refractivity contribution in [1.29, 1.82) is 0 Å². The molecule has 1 N–H and O–H groups in total. The number of alkyl halides is 1. The lowest BCUT2D eigenvalue weighted by Crippen LogP contribution is -2.39. The van der Waals surface area contributed by atoms with Crippen LogP contribution in [0.4, 0.5) is 17.1 Å². The number of para-hydroxylation sites is 1. The summed E-state index contributed by atoms with van der Waals surface area (Å²) in [5.41, 5.74) is 3.42. The molecule has 1 heterocycles. The van der Waals surface area contributed by atoms with Gasteiger partial charge < -0.3 is 10.0 Å². The van der Waals surface area contributed by atoms with Gasteiger partial charge in [-0.15, -0.1) is 0 Å². The van der Waals surface area contributed by atoms with Gasteiger partial charge in [0, 0.05) is 5.69 Å². The van der Waals surface area contributed by atoms with Crippen molar-refractivity contribution >= 4 is 62.9 Å². The van der Waals surface area contributed by atoms with E-state index in [1.807, 2.05) is 48.2 Å². The number of carbonyl (C=O) groups is 1. The number of hydrogen-bond acceptors (Lipinski definition) is 3. The van der Waals surface area contributed by atoms with Gasteiger partial charge in [-0.05, 0) is 31.2 Å². The summed E-state index contributed by atoms with van der Waals surface area (Å²) in [7, 11) is 0. The molecule has 4 nitrogen and oxygen atoms in total. The zero-order valence-corrected chi connectivity index (χ0v) is 14.5. The highest BCUT2D eigenvalue weighted by molar-refractivity contribution is 14.1. The molecule has 112 valence electrons. The number of aliphatic carboxylic acids is 1. The second kappa shape index (κ2) is 5.89. The van der Waals surface area contributed by atoms with Crippen LogP contribution in [0.15, 0.2) is 47.5 Å². The minimum Gasteiger partial charge on any atom is -0.477 e. The van der Waals surface area contributed by atoms with Gasteiger partial charge in [-0.3, -0.25) is 0 Å². The Bertz CT molecular complexity index is 774. The van der Waals surface area contributed by atoms with E-state index in [0.29, 0.717) is 10.7 Å². The third kappa shape index (κ3) is 2.59. The molecule has 2 aromatic rings. The van der Waals surface area contributed by atoms with E-state index in [4.69, 9.17) is 11.6 Å². The maximum Gasteiger partial charge on any atom is 0.353 e. The standard InChI is InChI=1S/C16H12ClIN2O2/c1-9-5-7-10(8-6-9)20-12-4-2-3-11(17)13(12)19-14(15(20)18)16(21)22/h2-8,15H,1H3,(H,21,22). The minimum atomic E-state index is -1.04. The first-order valence-corrected chi connectivity index (χ1v) is 8.22. The minimum absolute atomic E-state index is 0.0711. The molecule has 0 bridgehead atoms. The number of nitrogens with zero attached hydrogens (tertiary/aromatic N) is 2. The maximum atomic E-state index is 11.5. The number of anilines is 2. The summed E-state index contributed by atoms with van der Waals surface area (Å²) in [6, 6.07) is 13.4. The second-order valence-corrected chi connectivity index (χ2v) is 6.54. The van der Waals surface area contributed by atoms with Gasteiger partial charge in [0.05, 0.1) is 10.7 Å². The average molecular weight is 427 g/mol. The lowest BCUT2D eigenvalue weighted by Gasteiger charge is -2.34. The molecule has 0 aliphatic carbocycles. The van der Waals surface area contributed by atoms with Crippen molar-refractivity contribution in [2.75, 3.05) is 4.90 Å². The number of carboxylic acids is 1. The van der Waals surface area contributed by atoms with Crippen molar-refractivity contribution in [2.45, 2.75) is 11.0 Å². The summed E-state index contributed by atoms with van der Waals surface area (Å²) in [5, 5.41) is 9.87. The van der Waals surface area contributed by atoms with E-state index in [-0.39, 0.29) is 5.71 Å². The molecule has 1 atom stereocenters. The van der Waals surface area contributed by atoms with Crippen LogP contribution in [0, 0.1) is 6.92 Å². The molecule has 1 aliphatic rings. The summed E-state index contributed by atoms with van der Waals surface area (Å²) in [6.45, 7) is 2.01. The van der Waals surface area contributed by atoms with Crippen LogP contribution >= 0.6 is 34.2 Å². The predicted octanol–water partition coefficient (Wildman–Crippen LogP) is 4.72. The van der Waals surface area contributed by atoms with Gasteiger partial charge in [-0.2, -0.15) is 0 Å². The molecular formula is C16H12ClIN2O2. The fourth-order valence-corrected chi connectivity index (χ4v) is 3.59. The molecule has 22 heavy (non-hydrogen) atoms. The summed E-state index contributed by atoms with van der Waals surface area (Å²) >= 11 is 8.30. The highest BCUT2D eigenvalue weighted by Crippen LogP contribution is 2.44. The highest BCUT2D eigenvalue weighted by atomic mass is 127. The molecule has 0 fully saturated rings. The SMILES string of the molecule is Cc1ccc(N2c3cccc(Cl)c3N=C(C(=O)O)C2I)cc1. The van der Waals surface area contributed by atoms with Crippen LogP contribution < -0.4 is 4.90 Å². The predicted molar refractivity (Wildman–Crippen MR) is 97.3 cm³/mol. The van der Waals surface area contributed by atoms with Crippen LogP contribution in [0.1, 0.15) is 5.56 Å². The molecular weight excluding hydrogens is 415 g/mol. The average Bonchev–Trinajstić information content (AvgIpc) is 2.48. The van der Waals surface area contributed by atoms with Gasteiger partial charge in [0.15, 0.2) is 5.71 Å². The van der Waals surface area contributed by atoms with Crippen molar-refractivity contribution in [3.63, 3.8) is 0 Å². The zero-order chi connectivity index (χ0) is 15.9. The molecule has 6 heteroatoms. The second-order valence-electron chi connectivity index (χ2n) is 4.95. The van der Waals surface area contributed by atoms with Crippen LogP contribution in [0.2, 0.25) is 5.02 Å². The number of fused-ring (bicyclic) bond motifs is 1. The number of rotatable bonds is 2. The lowest BCUT2D eigenvalue weighted by atomic mass is 10.1. The van der Waals surface area contributed by atoms with Crippen LogP contribution in [-0.2, 0) is 4.79 Å². The molecule has 0 aromatic heterocycles. The Morgan fingerprint density at radius 3 is 2.59 bits per heavy atom. The van der Waals surface area contributed by atoms with Gasteiger partial charge in [0.2, 0.25) is 0 Å². The molecule has 0 saturated carbocycles. The van der Waals surface area contributed by atoms with E-state index in [1.165, 1.54) is 0 Å². The highest BCUT2D eigenvalue weighted by Gasteiger charge is 2.33. The topological polar surface area (TPSA) is 52.9 Å². The number of carboxylic acid groups (broad SMARTS) is 1. The molecule has 2 aromatic carbocycles. The Morgan fingerprint density at radius 1 is 1.27 bits per heavy atom. The van der Waals surface area contributed by atoms with E-state index in [1.54, 1.807) is 6.07 Å². The molecule has 0 spiro atoms. The third-order valence-corrected chi connectivity index (χ3v) is 4.89. The normalized spacial score (nSPS) is 17.0. The summed E-state index contributed by atoms with van der Waals surface area (Å²) < 4.78 is -0.413. The Morgan fingerprint density at radius 2 is 1.95 bits per heavy atom. The van der Waals surface area contributed by atoms with E-state index in [2.05, 4.69) is 27.6 Å². The van der Waals surface area contributed by atoms with E-state index >= 15 is 0 Å². The molecule has 0 radical (unpaired) electrons. The van der Waals surface area contributed by atoms with Crippen LogP contribution in [0.5, 0.6) is 0 Å². The Kier molecular flexibility index (Phi) is 4.10. The van der Waals surface area contributed by atoms with E-state index in [9.17, 15) is 9.90 Å². The maximum absolute atomic E-state index is 11.5. The number of benzene rings is 2. The zero-order valence-electron chi connectivity index (χ0n) is 11.6. The quantitative estimate of drug-likeness (QED) is 0.429. The monoisotopic (exact) mass is 426 g/mol. The van der Waals surface area contributed by atoms with Crippen molar-refractivity contribution < 1.29 is 9.90 Å². The van der Waals surface area contributed by atoms with Crippen LogP contribution in [0.3, 0.4) is 0 Å². The largest absolute Gasteiger partial charge is 0.477 e. The Labute approximate surface area is 146 Å². The molecule has 3 rings (SSSR count). The summed E-state index contributed by atoms with van der Waals surface area (Å²) in [5.74, 6) is -1.04. The first kappa shape index (κ1) is 15.3. The summed E-state index contributed by atoms with van der Waals surface area (Å²) in [4.78, 5) is 17.7. The number of aliphatic imine (C=N–C) groups is 1. The van der Waals surface area contributed by atoms with Gasteiger partial charge in [0.1, 0.15) is 9.74 Å². The van der Waals surface area contributed by atoms with Crippen molar-refractivity contribution in [2.24, 2.45) is 4.99 Å². The molecule has 1 aliphatic heterocycles. The first-order valence-electron chi connectivity index (χ1n) is 6.59. The van der Waals surface area contributed by atoms with Crippen molar-refractivity contribution in [1.82, 2.24) is 0 Å². The number of aryl methyl sites for hydroxylation is 1. The third-order valence-electron chi connectivity index (χ3n) is 3.44. The number of hydrogen-bond donors (Lipinski definition) is 1. The molecule has 1 unspecified atom stereocenters. The Balaban J connectivity index is 2.22. The Hall–Kier alpha value is -1.60. The van der Waals surface area contributed by atoms with Crippen LogP contribution in [0.25, 0.3) is 0 Å². The smallest absolute Gasteiger partial charge is 0.353 e. The van der Waals surface area contributed by atoms with Gasteiger partial charge in [-0.25, -0.2) is 9.79 Å². The number of halogens is 2. The fraction of sp³-hybridized carbons (Fsp3) is 0.125. The molecule has 0 amide bonds. The molecule has 0 saturated heterocycles. The van der Waals surface area contributed by atoms with Crippen molar-refractivity contribution in [3.8, 4) is 0 Å². The van der Waals surface area contributed by atoms with Gasteiger partial charge in [0.25, 0.3) is 0 Å². The van der Waals surface area contributed by atoms with Gasteiger partial charge >= 0.3 is 5.97 Å². The van der Waals surface area contributed by atoms with E-state index in [0.717, 1.165) is 16.9 Å². The fourth-order valence-electron chi connectivity index (χ4n) is 2.35. The first-order chi connectivity index (χ1) is 10.5. The lowest BCUT2D eigenvalue weighted by molar-refractivity contribution is -0.129. The van der Waals surface area contributed by atoms with Crippen molar-refractivity contribution in [3.05, 3.63) is 53.1 Å².